The fourth-order valence-electron chi connectivity index (χ4n) is 2.87. The first-order chi connectivity index (χ1) is 16.0. The molecule has 33 heavy (non-hydrogen) atoms. The van der Waals surface area contributed by atoms with E-state index in [4.69, 9.17) is 32.7 Å². The number of thiophene rings is 1. The van der Waals surface area contributed by atoms with Crippen LogP contribution >= 0.6 is 34.5 Å². The second-order valence-electron chi connectivity index (χ2n) is 6.72. The topological polar surface area (TPSA) is 77.0 Å². The maximum absolute atomic E-state index is 12.6. The molecule has 0 aliphatic heterocycles. The van der Waals surface area contributed by atoms with Gasteiger partial charge in [0, 0.05) is 10.1 Å². The molecule has 0 aliphatic carbocycles. The van der Waals surface area contributed by atoms with Crippen LogP contribution in [0.5, 0.6) is 11.5 Å². The van der Waals surface area contributed by atoms with Crippen LogP contribution in [0.2, 0.25) is 10.0 Å². The van der Waals surface area contributed by atoms with Crippen LogP contribution in [0, 0.1) is 0 Å². The molecule has 0 saturated carbocycles. The average Bonchev–Trinajstić information content (AvgIpc) is 3.16. The van der Waals surface area contributed by atoms with Gasteiger partial charge in [-0.25, -0.2) is 10.2 Å². The molecule has 1 amide bonds. The summed E-state index contributed by atoms with van der Waals surface area (Å²) in [4.78, 5) is 24.9. The van der Waals surface area contributed by atoms with Gasteiger partial charge in [-0.3, -0.25) is 4.79 Å². The number of benzene rings is 3. The predicted molar refractivity (Wildman–Crippen MR) is 131 cm³/mol. The van der Waals surface area contributed by atoms with E-state index >= 15 is 0 Å². The van der Waals surface area contributed by atoms with Gasteiger partial charge in [0.15, 0.2) is 6.61 Å². The molecular weight excluding hydrogens is 483 g/mol. The van der Waals surface area contributed by atoms with Crippen LogP contribution in [-0.2, 0) is 4.79 Å². The summed E-state index contributed by atoms with van der Waals surface area (Å²) in [6, 6.07) is 21.1. The molecule has 9 heteroatoms. The van der Waals surface area contributed by atoms with Crippen LogP contribution in [0.4, 0.5) is 0 Å². The first-order valence-electron chi connectivity index (χ1n) is 9.70. The summed E-state index contributed by atoms with van der Waals surface area (Å²) in [5.41, 5.74) is 2.99. The number of para-hydroxylation sites is 1. The van der Waals surface area contributed by atoms with E-state index in [2.05, 4.69) is 10.5 Å². The van der Waals surface area contributed by atoms with E-state index in [1.807, 2.05) is 24.3 Å². The van der Waals surface area contributed by atoms with Crippen molar-refractivity contribution in [3.05, 3.63) is 93.3 Å². The SMILES string of the molecule is O=C(COc1ccccc1Cl)N/N=C\c1cccc(OC(=O)c2sc3ccccc3c2Cl)c1. The van der Waals surface area contributed by atoms with E-state index in [9.17, 15) is 9.59 Å². The lowest BCUT2D eigenvalue weighted by atomic mass is 10.2. The molecule has 1 aromatic heterocycles. The Morgan fingerprint density at radius 2 is 1.79 bits per heavy atom. The van der Waals surface area contributed by atoms with Crippen molar-refractivity contribution >= 4 is 62.7 Å². The van der Waals surface area contributed by atoms with Gasteiger partial charge in [0.25, 0.3) is 5.91 Å². The zero-order chi connectivity index (χ0) is 23.2. The third-order valence-corrected chi connectivity index (χ3v) is 6.35. The van der Waals surface area contributed by atoms with Gasteiger partial charge in [0.05, 0.1) is 16.3 Å². The number of nitrogens with zero attached hydrogens (tertiary/aromatic N) is 1. The van der Waals surface area contributed by atoms with Crippen LogP contribution in [0.1, 0.15) is 15.2 Å². The number of carbonyl (C=O) groups excluding carboxylic acids is 2. The number of rotatable bonds is 7. The molecule has 4 aromatic rings. The van der Waals surface area contributed by atoms with Gasteiger partial charge < -0.3 is 9.47 Å². The predicted octanol–water partition coefficient (Wildman–Crippen LogP) is 5.96. The number of halogens is 2. The van der Waals surface area contributed by atoms with E-state index in [1.54, 1.807) is 48.5 Å². The number of hydrazone groups is 1. The van der Waals surface area contributed by atoms with Gasteiger partial charge in [-0.1, -0.05) is 65.7 Å². The Morgan fingerprint density at radius 1 is 1.00 bits per heavy atom. The number of hydrogen-bond donors (Lipinski definition) is 1. The highest BCUT2D eigenvalue weighted by Gasteiger charge is 2.19. The van der Waals surface area contributed by atoms with Crippen molar-refractivity contribution in [3.8, 4) is 11.5 Å². The minimum absolute atomic E-state index is 0.241. The van der Waals surface area contributed by atoms with Crippen molar-refractivity contribution in [2.24, 2.45) is 5.10 Å². The fourth-order valence-corrected chi connectivity index (χ4v) is 4.45. The van der Waals surface area contributed by atoms with Crippen molar-refractivity contribution < 1.29 is 19.1 Å². The van der Waals surface area contributed by atoms with Crippen LogP contribution in [0.15, 0.2) is 77.9 Å². The standard InChI is InChI=1S/C24H16Cl2N2O4S/c25-18-9-2-3-10-19(18)31-14-21(29)28-27-13-15-6-5-7-16(12-15)32-24(30)23-22(26)17-8-1-4-11-20(17)33-23/h1-13H,14H2,(H,28,29)/b27-13-. The lowest BCUT2D eigenvalue weighted by molar-refractivity contribution is -0.123. The van der Waals surface area contributed by atoms with Gasteiger partial charge in [-0.2, -0.15) is 5.10 Å². The molecule has 6 nitrogen and oxygen atoms in total. The lowest BCUT2D eigenvalue weighted by Crippen LogP contribution is -2.24. The van der Waals surface area contributed by atoms with E-state index < -0.39 is 11.9 Å². The van der Waals surface area contributed by atoms with Crippen LogP contribution in [0.25, 0.3) is 10.1 Å². The van der Waals surface area contributed by atoms with Crippen molar-refractivity contribution in [1.82, 2.24) is 5.43 Å². The molecule has 0 bridgehead atoms. The number of esters is 1. The van der Waals surface area contributed by atoms with E-state index in [-0.39, 0.29) is 6.61 Å². The summed E-state index contributed by atoms with van der Waals surface area (Å²) in [5, 5.41) is 5.50. The van der Waals surface area contributed by atoms with Crippen molar-refractivity contribution in [1.29, 1.82) is 0 Å². The molecule has 0 radical (unpaired) electrons. The molecule has 0 aliphatic rings. The maximum atomic E-state index is 12.6. The highest BCUT2D eigenvalue weighted by molar-refractivity contribution is 7.21. The molecule has 0 saturated heterocycles. The van der Waals surface area contributed by atoms with Crippen LogP contribution < -0.4 is 14.9 Å². The Labute approximate surface area is 203 Å². The first-order valence-corrected chi connectivity index (χ1v) is 11.3. The van der Waals surface area contributed by atoms with E-state index in [0.29, 0.717) is 32.0 Å². The lowest BCUT2D eigenvalue weighted by Gasteiger charge is -2.06. The van der Waals surface area contributed by atoms with Gasteiger partial charge >= 0.3 is 5.97 Å². The largest absolute Gasteiger partial charge is 0.482 e. The summed E-state index contributed by atoms with van der Waals surface area (Å²) in [5.74, 6) is -0.258. The molecule has 166 valence electrons. The van der Waals surface area contributed by atoms with E-state index in [1.165, 1.54) is 17.6 Å². The molecule has 0 unspecified atom stereocenters. The number of amides is 1. The summed E-state index contributed by atoms with van der Waals surface area (Å²) >= 11 is 13.6. The first kappa shape index (κ1) is 22.8. The van der Waals surface area contributed by atoms with Gasteiger partial charge in [-0.15, -0.1) is 11.3 Å². The highest BCUT2D eigenvalue weighted by Crippen LogP contribution is 2.35. The summed E-state index contributed by atoms with van der Waals surface area (Å²) in [6.45, 7) is -0.241. The number of nitrogens with one attached hydrogen (secondary N) is 1. The molecular formula is C24H16Cl2N2O4S. The molecule has 0 fully saturated rings. The normalized spacial score (nSPS) is 11.0. The quantitative estimate of drug-likeness (QED) is 0.147. The molecule has 1 heterocycles. The third-order valence-electron chi connectivity index (χ3n) is 4.39. The highest BCUT2D eigenvalue weighted by atomic mass is 35.5. The minimum atomic E-state index is -0.541. The number of carbonyl (C=O) groups is 2. The second-order valence-corrected chi connectivity index (χ2v) is 8.55. The van der Waals surface area contributed by atoms with Gasteiger partial charge in [0.1, 0.15) is 16.4 Å². The van der Waals surface area contributed by atoms with Crippen molar-refractivity contribution in [3.63, 3.8) is 0 Å². The zero-order valence-electron chi connectivity index (χ0n) is 17.0. The number of fused-ring (bicyclic) bond motifs is 1. The second kappa shape index (κ2) is 10.5. The Hall–Kier alpha value is -3.39. The Bertz CT molecular complexity index is 1350. The molecule has 1 N–H and O–H groups in total. The van der Waals surface area contributed by atoms with Crippen LogP contribution in [-0.4, -0.2) is 24.7 Å². The Kier molecular flexibility index (Phi) is 7.24. The zero-order valence-corrected chi connectivity index (χ0v) is 19.3. The average molecular weight is 499 g/mol. The monoisotopic (exact) mass is 498 g/mol. The molecule has 3 aromatic carbocycles. The van der Waals surface area contributed by atoms with E-state index in [0.717, 1.165) is 10.1 Å². The Morgan fingerprint density at radius 3 is 2.61 bits per heavy atom. The van der Waals surface area contributed by atoms with Crippen molar-refractivity contribution in [2.75, 3.05) is 6.61 Å². The minimum Gasteiger partial charge on any atom is -0.482 e. The van der Waals surface area contributed by atoms with Crippen LogP contribution in [0.3, 0.4) is 0 Å². The maximum Gasteiger partial charge on any atom is 0.355 e. The fraction of sp³-hybridized carbons (Fsp3) is 0.0417. The molecule has 0 atom stereocenters. The number of ether oxygens (including phenoxy) is 2. The van der Waals surface area contributed by atoms with Gasteiger partial charge in [0.2, 0.25) is 0 Å². The summed E-state index contributed by atoms with van der Waals surface area (Å²) in [7, 11) is 0. The summed E-state index contributed by atoms with van der Waals surface area (Å²) < 4.78 is 11.7. The molecule has 0 spiro atoms. The number of hydrogen-bond acceptors (Lipinski definition) is 6. The Balaban J connectivity index is 1.35. The third kappa shape index (κ3) is 5.70. The van der Waals surface area contributed by atoms with Crippen molar-refractivity contribution in [2.45, 2.75) is 0 Å². The van der Waals surface area contributed by atoms with Gasteiger partial charge in [-0.05, 0) is 35.9 Å². The summed E-state index contributed by atoms with van der Waals surface area (Å²) in [6.07, 6.45) is 1.43. The smallest absolute Gasteiger partial charge is 0.355 e. The molecule has 4 rings (SSSR count).